The highest BCUT2D eigenvalue weighted by atomic mass is 16.5. The summed E-state index contributed by atoms with van der Waals surface area (Å²) in [7, 11) is 0. The fourth-order valence-corrected chi connectivity index (χ4v) is 6.73. The highest BCUT2D eigenvalue weighted by Gasteiger charge is 2.72. The number of hydrogen-bond acceptors (Lipinski definition) is 4. The Morgan fingerprint density at radius 2 is 2.19 bits per heavy atom. The number of ether oxygens (including phenoxy) is 1. The van der Waals surface area contributed by atoms with E-state index in [1.54, 1.807) is 0 Å². The molecule has 4 atom stereocenters. The molecule has 2 heterocycles. The van der Waals surface area contributed by atoms with E-state index >= 15 is 0 Å². The van der Waals surface area contributed by atoms with Gasteiger partial charge in [0.05, 0.1) is 17.6 Å². The number of Topliss-reactive ketones (excluding diaryl/α,β-unsaturated/α-hetero) is 1. The van der Waals surface area contributed by atoms with Gasteiger partial charge in [-0.05, 0) is 55.7 Å². The first-order valence-electron chi connectivity index (χ1n) is 10.3. The molecule has 5 heteroatoms. The maximum atomic E-state index is 12.8. The summed E-state index contributed by atoms with van der Waals surface area (Å²) in [4.78, 5) is 19.0. The molecule has 1 spiro atoms. The zero-order valence-corrected chi connectivity index (χ0v) is 15.4. The minimum absolute atomic E-state index is 0.0447. The van der Waals surface area contributed by atoms with Gasteiger partial charge in [-0.2, -0.15) is 0 Å². The molecule has 0 aromatic heterocycles. The van der Waals surface area contributed by atoms with E-state index in [9.17, 15) is 9.90 Å². The Bertz CT molecular complexity index is 902. The SMILES string of the molecule is [C-]#[N+]c1ccc2c3c1O[C@H]1C(=O)CC[C@@]4(O)[C@@H](C2)N(CC2CCC2)CC[C@]314. The number of aliphatic hydroxyl groups is 1. The van der Waals surface area contributed by atoms with Crippen LogP contribution in [0.2, 0.25) is 0 Å². The molecule has 140 valence electrons. The summed E-state index contributed by atoms with van der Waals surface area (Å²) in [6.07, 6.45) is 5.71. The maximum Gasteiger partial charge on any atom is 0.228 e. The minimum Gasteiger partial charge on any atom is -0.492 e. The summed E-state index contributed by atoms with van der Waals surface area (Å²) in [6, 6.07) is 3.91. The fourth-order valence-electron chi connectivity index (χ4n) is 6.73. The van der Waals surface area contributed by atoms with Crippen LogP contribution in [0.3, 0.4) is 0 Å². The first-order valence-corrected chi connectivity index (χ1v) is 10.3. The third kappa shape index (κ3) is 1.75. The Morgan fingerprint density at radius 3 is 2.93 bits per heavy atom. The zero-order valence-electron chi connectivity index (χ0n) is 15.4. The number of hydrogen-bond donors (Lipinski definition) is 1. The van der Waals surface area contributed by atoms with Crippen molar-refractivity contribution in [2.24, 2.45) is 5.92 Å². The second-order valence-electron chi connectivity index (χ2n) is 9.18. The van der Waals surface area contributed by atoms with Gasteiger partial charge in [0.15, 0.2) is 11.9 Å². The van der Waals surface area contributed by atoms with E-state index in [2.05, 4.69) is 9.74 Å². The number of ketones is 1. The molecular weight excluding hydrogens is 340 g/mol. The van der Waals surface area contributed by atoms with Gasteiger partial charge in [0.1, 0.15) is 5.75 Å². The monoisotopic (exact) mass is 364 g/mol. The van der Waals surface area contributed by atoms with Crippen LogP contribution in [-0.2, 0) is 16.6 Å². The van der Waals surface area contributed by atoms with Gasteiger partial charge >= 0.3 is 0 Å². The normalized spacial score (nSPS) is 39.3. The molecule has 6 rings (SSSR count). The maximum absolute atomic E-state index is 12.8. The topological polar surface area (TPSA) is 54.1 Å². The van der Waals surface area contributed by atoms with Crippen molar-refractivity contribution < 1.29 is 14.6 Å². The Balaban J connectivity index is 1.54. The van der Waals surface area contributed by atoms with Crippen molar-refractivity contribution in [2.75, 3.05) is 13.1 Å². The third-order valence-corrected chi connectivity index (χ3v) is 8.21. The van der Waals surface area contributed by atoms with Gasteiger partial charge in [-0.25, -0.2) is 4.85 Å². The summed E-state index contributed by atoms with van der Waals surface area (Å²) in [5.74, 6) is 1.42. The molecule has 3 fully saturated rings. The van der Waals surface area contributed by atoms with Gasteiger partial charge in [0.2, 0.25) is 5.69 Å². The van der Waals surface area contributed by atoms with Gasteiger partial charge in [0.25, 0.3) is 0 Å². The molecule has 5 aliphatic rings. The van der Waals surface area contributed by atoms with E-state index in [0.29, 0.717) is 24.3 Å². The predicted molar refractivity (Wildman–Crippen MR) is 99.0 cm³/mol. The van der Waals surface area contributed by atoms with Crippen LogP contribution in [0.25, 0.3) is 4.85 Å². The molecular formula is C22H24N2O3. The van der Waals surface area contributed by atoms with E-state index in [4.69, 9.17) is 11.3 Å². The van der Waals surface area contributed by atoms with Gasteiger partial charge in [-0.1, -0.05) is 18.6 Å². The molecule has 2 aliphatic heterocycles. The van der Waals surface area contributed by atoms with Crippen LogP contribution in [0.4, 0.5) is 5.69 Å². The Hall–Kier alpha value is -1.90. The van der Waals surface area contributed by atoms with E-state index < -0.39 is 17.1 Å². The van der Waals surface area contributed by atoms with Crippen molar-refractivity contribution in [3.05, 3.63) is 34.7 Å². The van der Waals surface area contributed by atoms with Gasteiger partial charge in [0, 0.05) is 19.0 Å². The number of carbonyl (C=O) groups excluding carboxylic acids is 1. The lowest BCUT2D eigenvalue weighted by atomic mass is 9.49. The minimum atomic E-state index is -0.938. The summed E-state index contributed by atoms with van der Waals surface area (Å²) < 4.78 is 6.18. The van der Waals surface area contributed by atoms with E-state index in [1.165, 1.54) is 24.8 Å². The molecule has 3 aliphatic carbocycles. The molecule has 1 aromatic carbocycles. The molecule has 2 bridgehead atoms. The van der Waals surface area contributed by atoms with Crippen LogP contribution in [0.15, 0.2) is 12.1 Å². The van der Waals surface area contributed by atoms with Crippen molar-refractivity contribution in [1.82, 2.24) is 4.90 Å². The Kier molecular flexibility index (Phi) is 3.05. The molecule has 27 heavy (non-hydrogen) atoms. The quantitative estimate of drug-likeness (QED) is 0.820. The molecule has 1 aromatic rings. The van der Waals surface area contributed by atoms with E-state index in [0.717, 1.165) is 37.4 Å². The number of rotatable bonds is 2. The lowest BCUT2D eigenvalue weighted by Gasteiger charge is -2.63. The fraction of sp³-hybridized carbons (Fsp3) is 0.636. The molecule has 5 nitrogen and oxygen atoms in total. The Labute approximate surface area is 159 Å². The summed E-state index contributed by atoms with van der Waals surface area (Å²) >= 11 is 0. The number of carbonyl (C=O) groups is 1. The van der Waals surface area contributed by atoms with Crippen LogP contribution < -0.4 is 4.74 Å². The lowest BCUT2D eigenvalue weighted by Crippen LogP contribution is -2.76. The van der Waals surface area contributed by atoms with E-state index in [1.807, 2.05) is 12.1 Å². The average molecular weight is 364 g/mol. The third-order valence-electron chi connectivity index (χ3n) is 8.21. The number of benzene rings is 1. The molecule has 0 radical (unpaired) electrons. The highest BCUT2D eigenvalue weighted by molar-refractivity contribution is 5.90. The summed E-state index contributed by atoms with van der Waals surface area (Å²) in [6.45, 7) is 9.47. The first kappa shape index (κ1) is 16.1. The van der Waals surface area contributed by atoms with E-state index in [-0.39, 0.29) is 11.8 Å². The van der Waals surface area contributed by atoms with Gasteiger partial charge in [-0.15, -0.1) is 0 Å². The number of piperidine rings is 1. The van der Waals surface area contributed by atoms with Crippen molar-refractivity contribution in [1.29, 1.82) is 0 Å². The largest absolute Gasteiger partial charge is 0.492 e. The van der Waals surface area contributed by atoms with Crippen molar-refractivity contribution >= 4 is 11.5 Å². The smallest absolute Gasteiger partial charge is 0.228 e. The Morgan fingerprint density at radius 1 is 1.33 bits per heavy atom. The van der Waals surface area contributed by atoms with Crippen LogP contribution in [0.1, 0.15) is 49.7 Å². The van der Waals surface area contributed by atoms with Crippen LogP contribution >= 0.6 is 0 Å². The molecule has 1 saturated heterocycles. The van der Waals surface area contributed by atoms with Crippen molar-refractivity contribution in [2.45, 2.75) is 68.1 Å². The number of nitrogens with zero attached hydrogens (tertiary/aromatic N) is 2. The van der Waals surface area contributed by atoms with Crippen LogP contribution in [-0.4, -0.2) is 46.6 Å². The molecule has 2 saturated carbocycles. The van der Waals surface area contributed by atoms with Crippen molar-refractivity contribution in [3.8, 4) is 5.75 Å². The molecule has 0 unspecified atom stereocenters. The first-order chi connectivity index (χ1) is 13.1. The second kappa shape index (κ2) is 5.12. The second-order valence-corrected chi connectivity index (χ2v) is 9.18. The van der Waals surface area contributed by atoms with Gasteiger partial charge < -0.3 is 9.84 Å². The lowest BCUT2D eigenvalue weighted by molar-refractivity contribution is -0.190. The zero-order chi connectivity index (χ0) is 18.4. The van der Waals surface area contributed by atoms with Crippen LogP contribution in [0.5, 0.6) is 5.75 Å². The standard InChI is InChI=1S/C22H24N2O3/c1-23-15-6-5-14-11-17-22(26)8-7-16(25)20-21(22,18(14)19(15)27-20)9-10-24(17)12-13-3-2-4-13/h5-6,13,17,20,26H,2-4,7-12H2/t17-,20+,21+,22-/m1/s1. The molecule has 0 amide bonds. The predicted octanol–water partition coefficient (Wildman–Crippen LogP) is 2.76. The molecule has 1 N–H and O–H groups in total. The van der Waals surface area contributed by atoms with Gasteiger partial charge in [-0.3, -0.25) is 9.69 Å². The highest BCUT2D eigenvalue weighted by Crippen LogP contribution is 2.64. The summed E-state index contributed by atoms with van der Waals surface area (Å²) in [5, 5.41) is 12.1. The number of likely N-dealkylation sites (tertiary alicyclic amines) is 1. The summed E-state index contributed by atoms with van der Waals surface area (Å²) in [5.41, 5.74) is 1.03. The average Bonchev–Trinajstić information content (AvgIpc) is 2.98. The van der Waals surface area contributed by atoms with Crippen molar-refractivity contribution in [3.63, 3.8) is 0 Å². The van der Waals surface area contributed by atoms with Crippen LogP contribution in [0, 0.1) is 12.5 Å².